The molecule has 0 aromatic heterocycles. The van der Waals surface area contributed by atoms with Crippen LogP contribution in [-0.2, 0) is 21.4 Å². The van der Waals surface area contributed by atoms with Gasteiger partial charge < -0.3 is 5.32 Å². The maximum Gasteiger partial charge on any atom is 0.242 e. The monoisotopic (exact) mass is 397 g/mol. The molecule has 0 bridgehead atoms. The van der Waals surface area contributed by atoms with Crippen LogP contribution in [0.1, 0.15) is 24.8 Å². The van der Waals surface area contributed by atoms with Crippen LogP contribution in [0.15, 0.2) is 24.3 Å². The van der Waals surface area contributed by atoms with Crippen LogP contribution in [0.2, 0.25) is 0 Å². The number of nitrogens with zero attached hydrogens (tertiary/aromatic N) is 2. The quantitative estimate of drug-likeness (QED) is 0.823. The first-order chi connectivity index (χ1) is 12.4. The van der Waals surface area contributed by atoms with E-state index in [2.05, 4.69) is 16.3 Å². The predicted octanol–water partition coefficient (Wildman–Crippen LogP) is 1.99. The molecule has 1 aromatic carbocycles. The van der Waals surface area contributed by atoms with E-state index in [9.17, 15) is 13.2 Å². The van der Waals surface area contributed by atoms with E-state index in [1.54, 1.807) is 0 Å². The topological polar surface area (TPSA) is 69.7 Å². The lowest BCUT2D eigenvalue weighted by molar-refractivity contribution is -0.120. The lowest BCUT2D eigenvalue weighted by atomic mass is 10.0. The minimum absolute atomic E-state index is 0.235. The fraction of sp³-hybridized carbons (Fsp3) is 0.611. The number of carbonyl (C=O) groups is 1. The molecule has 8 heteroatoms. The zero-order valence-corrected chi connectivity index (χ0v) is 16.8. The Morgan fingerprint density at radius 1 is 1.23 bits per heavy atom. The molecule has 1 aromatic rings. The molecule has 1 atom stereocenters. The molecule has 3 rings (SSSR count). The van der Waals surface area contributed by atoms with Gasteiger partial charge in [-0.1, -0.05) is 18.6 Å². The number of amides is 1. The van der Waals surface area contributed by atoms with Crippen LogP contribution in [0, 0.1) is 0 Å². The Kier molecular flexibility index (Phi) is 6.60. The number of nitrogens with one attached hydrogen (secondary N) is 1. The number of rotatable bonds is 5. The Balaban J connectivity index is 1.65. The number of sulfonamides is 1. The molecule has 1 N–H and O–H groups in total. The van der Waals surface area contributed by atoms with Crippen LogP contribution in [0.4, 0.5) is 5.69 Å². The maximum atomic E-state index is 12.7. The molecule has 0 saturated carbocycles. The van der Waals surface area contributed by atoms with Gasteiger partial charge >= 0.3 is 0 Å². The van der Waals surface area contributed by atoms with Crippen molar-refractivity contribution in [3.8, 4) is 0 Å². The summed E-state index contributed by atoms with van der Waals surface area (Å²) in [5.74, 6) is 2.10. The summed E-state index contributed by atoms with van der Waals surface area (Å²) < 4.78 is 25.3. The molecule has 1 unspecified atom stereocenters. The normalized spacial score (nSPS) is 22.9. The number of thioether (sulfide) groups is 1. The first-order valence-electron chi connectivity index (χ1n) is 9.10. The summed E-state index contributed by atoms with van der Waals surface area (Å²) in [6.07, 6.45) is 3.43. The van der Waals surface area contributed by atoms with E-state index in [4.69, 9.17) is 0 Å². The second kappa shape index (κ2) is 8.73. The fourth-order valence-electron chi connectivity index (χ4n) is 3.55. The lowest BCUT2D eigenvalue weighted by Crippen LogP contribution is -2.49. The van der Waals surface area contributed by atoms with E-state index in [0.717, 1.165) is 38.2 Å². The number of benzene rings is 1. The van der Waals surface area contributed by atoms with Crippen molar-refractivity contribution in [2.24, 2.45) is 0 Å². The molecule has 6 nitrogen and oxygen atoms in total. The van der Waals surface area contributed by atoms with Gasteiger partial charge in [0, 0.05) is 43.4 Å². The molecule has 144 valence electrons. The molecule has 2 saturated heterocycles. The van der Waals surface area contributed by atoms with Crippen LogP contribution in [0.25, 0.3) is 0 Å². The van der Waals surface area contributed by atoms with Crippen molar-refractivity contribution in [1.29, 1.82) is 0 Å². The molecule has 1 amide bonds. The molecular weight excluding hydrogens is 370 g/mol. The number of anilines is 1. The SMILES string of the molecule is CS(=O)(=O)N1CCCCC1C(=O)Nc1cccc(CN2CCSCC2)c1. The Bertz CT molecular complexity index is 733. The standard InChI is InChI=1S/C18H27N3O3S2/c1-26(23,24)21-8-3-2-7-17(21)18(22)19-16-6-4-5-15(13-16)14-20-9-11-25-12-10-20/h4-6,13,17H,2-3,7-12,14H2,1H3,(H,19,22). The maximum absolute atomic E-state index is 12.7. The van der Waals surface area contributed by atoms with Crippen molar-refractivity contribution in [2.75, 3.05) is 42.7 Å². The molecule has 2 aliphatic heterocycles. The number of hydrogen-bond donors (Lipinski definition) is 1. The van der Waals surface area contributed by atoms with Crippen molar-refractivity contribution < 1.29 is 13.2 Å². The van der Waals surface area contributed by atoms with E-state index in [-0.39, 0.29) is 5.91 Å². The van der Waals surface area contributed by atoms with E-state index in [1.807, 2.05) is 30.0 Å². The van der Waals surface area contributed by atoms with Gasteiger partial charge in [0.1, 0.15) is 6.04 Å². The summed E-state index contributed by atoms with van der Waals surface area (Å²) >= 11 is 1.99. The van der Waals surface area contributed by atoms with E-state index >= 15 is 0 Å². The smallest absolute Gasteiger partial charge is 0.242 e. The van der Waals surface area contributed by atoms with Crippen LogP contribution < -0.4 is 5.32 Å². The summed E-state index contributed by atoms with van der Waals surface area (Å²) in [5, 5.41) is 2.92. The summed E-state index contributed by atoms with van der Waals surface area (Å²) in [7, 11) is -3.38. The number of hydrogen-bond acceptors (Lipinski definition) is 5. The molecule has 2 aliphatic rings. The summed E-state index contributed by atoms with van der Waals surface area (Å²) in [4.78, 5) is 15.1. The van der Waals surface area contributed by atoms with Gasteiger partial charge in [0.15, 0.2) is 0 Å². The minimum atomic E-state index is -3.38. The highest BCUT2D eigenvalue weighted by molar-refractivity contribution is 7.99. The van der Waals surface area contributed by atoms with Crippen LogP contribution in [0.3, 0.4) is 0 Å². The molecular formula is C18H27N3O3S2. The van der Waals surface area contributed by atoms with Gasteiger partial charge in [-0.15, -0.1) is 0 Å². The Morgan fingerprint density at radius 2 is 2.00 bits per heavy atom. The van der Waals surface area contributed by atoms with Crippen molar-refractivity contribution in [2.45, 2.75) is 31.8 Å². The average molecular weight is 398 g/mol. The summed E-state index contributed by atoms with van der Waals surface area (Å²) in [6.45, 7) is 3.48. The highest BCUT2D eigenvalue weighted by atomic mass is 32.2. The first kappa shape index (κ1) is 19.7. The van der Waals surface area contributed by atoms with Crippen molar-refractivity contribution in [1.82, 2.24) is 9.21 Å². The zero-order valence-electron chi connectivity index (χ0n) is 15.2. The Hall–Kier alpha value is -1.09. The van der Waals surface area contributed by atoms with Gasteiger partial charge in [0.2, 0.25) is 15.9 Å². The van der Waals surface area contributed by atoms with Crippen molar-refractivity contribution in [3.05, 3.63) is 29.8 Å². The molecule has 0 radical (unpaired) electrons. The van der Waals surface area contributed by atoms with E-state index in [0.29, 0.717) is 13.0 Å². The number of carbonyl (C=O) groups excluding carboxylic acids is 1. The third-order valence-corrected chi connectivity index (χ3v) is 7.12. The minimum Gasteiger partial charge on any atom is -0.325 e. The summed E-state index contributed by atoms with van der Waals surface area (Å²) in [6, 6.07) is 7.26. The molecule has 0 aliphatic carbocycles. The molecule has 2 fully saturated rings. The average Bonchev–Trinajstić information content (AvgIpc) is 2.62. The second-order valence-electron chi connectivity index (χ2n) is 6.96. The fourth-order valence-corrected chi connectivity index (χ4v) is 5.66. The number of piperidine rings is 1. The van der Waals surface area contributed by atoms with Crippen LogP contribution in [-0.4, -0.2) is 67.0 Å². The lowest BCUT2D eigenvalue weighted by Gasteiger charge is -2.32. The van der Waals surface area contributed by atoms with Gasteiger partial charge in [0.25, 0.3) is 0 Å². The third kappa shape index (κ3) is 5.22. The Morgan fingerprint density at radius 3 is 2.73 bits per heavy atom. The van der Waals surface area contributed by atoms with Gasteiger partial charge in [-0.3, -0.25) is 9.69 Å². The largest absolute Gasteiger partial charge is 0.325 e. The van der Waals surface area contributed by atoms with Gasteiger partial charge in [-0.25, -0.2) is 8.42 Å². The predicted molar refractivity (Wildman–Crippen MR) is 107 cm³/mol. The van der Waals surface area contributed by atoms with Crippen LogP contribution in [0.5, 0.6) is 0 Å². The molecule has 26 heavy (non-hydrogen) atoms. The first-order valence-corrected chi connectivity index (χ1v) is 12.1. The Labute approximate surface area is 160 Å². The van der Waals surface area contributed by atoms with E-state index in [1.165, 1.54) is 27.6 Å². The van der Waals surface area contributed by atoms with Gasteiger partial charge in [-0.05, 0) is 30.5 Å². The van der Waals surface area contributed by atoms with Gasteiger partial charge in [0.05, 0.1) is 6.26 Å². The summed E-state index contributed by atoms with van der Waals surface area (Å²) in [5.41, 5.74) is 1.90. The van der Waals surface area contributed by atoms with Crippen LogP contribution >= 0.6 is 11.8 Å². The molecule has 0 spiro atoms. The highest BCUT2D eigenvalue weighted by Crippen LogP contribution is 2.22. The van der Waals surface area contributed by atoms with Crippen molar-refractivity contribution >= 4 is 33.4 Å². The zero-order chi connectivity index (χ0) is 18.6. The molecule has 2 heterocycles. The van der Waals surface area contributed by atoms with Gasteiger partial charge in [-0.2, -0.15) is 16.1 Å². The van der Waals surface area contributed by atoms with Crippen molar-refractivity contribution in [3.63, 3.8) is 0 Å². The highest BCUT2D eigenvalue weighted by Gasteiger charge is 2.34. The van der Waals surface area contributed by atoms with E-state index < -0.39 is 16.1 Å². The second-order valence-corrected chi connectivity index (χ2v) is 10.1. The third-order valence-electron chi connectivity index (χ3n) is 4.89.